The number of imidazole rings is 2. The molecule has 4 N–H and O–H groups in total. The molecule has 0 unspecified atom stereocenters. The molecule has 278 valence electrons. The molecule has 2 saturated heterocycles. The number of alkyl carbamates (subject to hydrolysis) is 1. The van der Waals surface area contributed by atoms with Crippen molar-refractivity contribution in [1.29, 1.82) is 0 Å². The minimum Gasteiger partial charge on any atom is -0.465 e. The first-order valence-electron chi connectivity index (χ1n) is 17.9. The summed E-state index contributed by atoms with van der Waals surface area (Å²) in [5.41, 5.74) is 6.34. The minimum atomic E-state index is -1.14. The molecule has 2 aromatic heterocycles. The van der Waals surface area contributed by atoms with E-state index in [2.05, 4.69) is 49.5 Å². The number of aromatic amines is 2. The number of rotatable bonds is 10. The van der Waals surface area contributed by atoms with E-state index in [0.29, 0.717) is 30.3 Å². The maximum Gasteiger partial charge on any atom is 0.407 e. The highest BCUT2D eigenvalue weighted by atomic mass is 16.5. The molecule has 4 amide bonds. The first-order chi connectivity index (χ1) is 26.2. The van der Waals surface area contributed by atoms with Crippen molar-refractivity contribution in [1.82, 2.24) is 40.0 Å². The molecule has 7 rings (SSSR count). The van der Waals surface area contributed by atoms with E-state index in [0.717, 1.165) is 64.2 Å². The number of nitrogens with one attached hydrogen (secondary N) is 3. The van der Waals surface area contributed by atoms with Gasteiger partial charge in [-0.3, -0.25) is 9.59 Å². The highest BCUT2D eigenvalue weighted by molar-refractivity contribution is 5.87. The van der Waals surface area contributed by atoms with E-state index in [4.69, 9.17) is 9.84 Å². The molecule has 14 heteroatoms. The summed E-state index contributed by atoms with van der Waals surface area (Å²) in [4.78, 5) is 70.6. The van der Waals surface area contributed by atoms with Gasteiger partial charge in [0, 0.05) is 20.1 Å². The Hall–Kier alpha value is -6.44. The minimum absolute atomic E-state index is 0.193. The quantitative estimate of drug-likeness (QED) is 0.132. The summed E-state index contributed by atoms with van der Waals surface area (Å²) >= 11 is 0. The second-order valence-electron chi connectivity index (χ2n) is 13.6. The van der Waals surface area contributed by atoms with E-state index in [1.54, 1.807) is 22.2 Å². The average molecular weight is 731 g/mol. The average Bonchev–Trinajstić information content (AvgIpc) is 4.04. The largest absolute Gasteiger partial charge is 0.465 e. The number of nitrogens with zero attached hydrogens (tertiary/aromatic N) is 5. The molecule has 0 aliphatic carbocycles. The lowest BCUT2D eigenvalue weighted by molar-refractivity contribution is -0.134. The van der Waals surface area contributed by atoms with Gasteiger partial charge in [-0.25, -0.2) is 19.6 Å². The summed E-state index contributed by atoms with van der Waals surface area (Å²) in [6.45, 7) is 0.922. The molecule has 4 heterocycles. The van der Waals surface area contributed by atoms with Crippen LogP contribution >= 0.6 is 0 Å². The molecule has 0 radical (unpaired) electrons. The van der Waals surface area contributed by atoms with Crippen LogP contribution in [-0.4, -0.2) is 97.5 Å². The van der Waals surface area contributed by atoms with Crippen LogP contribution in [0.25, 0.3) is 33.6 Å². The Balaban J connectivity index is 1.01. The predicted molar refractivity (Wildman–Crippen MR) is 200 cm³/mol. The molecule has 54 heavy (non-hydrogen) atoms. The summed E-state index contributed by atoms with van der Waals surface area (Å²) in [7, 11) is 2.66. The van der Waals surface area contributed by atoms with E-state index in [1.165, 1.54) is 14.2 Å². The van der Waals surface area contributed by atoms with E-state index in [1.807, 2.05) is 54.6 Å². The highest BCUT2D eigenvalue weighted by Crippen LogP contribution is 2.35. The van der Waals surface area contributed by atoms with Gasteiger partial charge in [0.15, 0.2) is 0 Å². The first-order valence-corrected chi connectivity index (χ1v) is 17.9. The summed E-state index contributed by atoms with van der Waals surface area (Å²) in [6, 6.07) is 24.1. The van der Waals surface area contributed by atoms with E-state index in [9.17, 15) is 19.2 Å². The smallest absolute Gasteiger partial charge is 0.407 e. The SMILES string of the molecule is COC(=O)N[C@@H](C(=O)N1CCC[C@H]1c1ncc(-c2ccc(-c3ccc(-c4cnc([C@@H]5CCCN5C(=O)CN(C)C(=O)O)[nH]4)cc3)cc2)[nH]1)c1ccccc1. The summed E-state index contributed by atoms with van der Waals surface area (Å²) in [6.07, 6.45) is 4.89. The van der Waals surface area contributed by atoms with Crippen molar-refractivity contribution in [2.24, 2.45) is 0 Å². The topological polar surface area (TPSA) is 177 Å². The predicted octanol–water partition coefficient (Wildman–Crippen LogP) is 6.17. The van der Waals surface area contributed by atoms with E-state index in [-0.39, 0.29) is 30.4 Å². The van der Waals surface area contributed by atoms with Crippen LogP contribution in [0.2, 0.25) is 0 Å². The number of H-pyrrole nitrogens is 2. The van der Waals surface area contributed by atoms with Crippen LogP contribution in [0, 0.1) is 0 Å². The zero-order valence-corrected chi connectivity index (χ0v) is 30.1. The van der Waals surface area contributed by atoms with Crippen molar-refractivity contribution < 1.29 is 29.0 Å². The molecule has 0 saturated carbocycles. The molecule has 3 aromatic carbocycles. The van der Waals surface area contributed by atoms with Crippen LogP contribution in [0.1, 0.15) is 61.0 Å². The number of aromatic nitrogens is 4. The van der Waals surface area contributed by atoms with Gasteiger partial charge in [-0.15, -0.1) is 0 Å². The molecular weight excluding hydrogens is 688 g/mol. The van der Waals surface area contributed by atoms with Crippen molar-refractivity contribution in [3.05, 3.63) is 108 Å². The highest BCUT2D eigenvalue weighted by Gasteiger charge is 2.37. The third-order valence-corrected chi connectivity index (χ3v) is 10.2. The summed E-state index contributed by atoms with van der Waals surface area (Å²) in [5, 5.41) is 11.9. The molecule has 2 aliphatic heterocycles. The fourth-order valence-corrected chi connectivity index (χ4v) is 7.29. The first kappa shape index (κ1) is 35.9. The molecule has 2 aliphatic rings. The lowest BCUT2D eigenvalue weighted by Gasteiger charge is -2.28. The number of hydrogen-bond donors (Lipinski definition) is 4. The summed E-state index contributed by atoms with van der Waals surface area (Å²) in [5.74, 6) is 0.931. The van der Waals surface area contributed by atoms with Crippen molar-refractivity contribution in [3.63, 3.8) is 0 Å². The fraction of sp³-hybridized carbons (Fsp3) is 0.300. The molecule has 14 nitrogen and oxygen atoms in total. The van der Waals surface area contributed by atoms with Crippen LogP contribution in [-0.2, 0) is 14.3 Å². The lowest BCUT2D eigenvalue weighted by atomic mass is 10.0. The van der Waals surface area contributed by atoms with Crippen molar-refractivity contribution >= 4 is 24.0 Å². The Kier molecular flexibility index (Phi) is 10.4. The molecule has 2 fully saturated rings. The van der Waals surface area contributed by atoms with Crippen LogP contribution < -0.4 is 5.32 Å². The van der Waals surface area contributed by atoms with Crippen LogP contribution in [0.3, 0.4) is 0 Å². The van der Waals surface area contributed by atoms with Crippen molar-refractivity contribution in [3.8, 4) is 33.6 Å². The number of methoxy groups -OCH3 is 1. The molecule has 3 atom stereocenters. The number of hydrogen-bond acceptors (Lipinski definition) is 7. The molecule has 0 spiro atoms. The monoisotopic (exact) mass is 730 g/mol. The van der Waals surface area contributed by atoms with Gasteiger partial charge in [0.1, 0.15) is 24.2 Å². The number of ether oxygens (including phenoxy) is 1. The van der Waals surface area contributed by atoms with Crippen LogP contribution in [0.5, 0.6) is 0 Å². The Labute approximate surface area is 312 Å². The lowest BCUT2D eigenvalue weighted by Crippen LogP contribution is -2.42. The maximum atomic E-state index is 13.8. The van der Waals surface area contributed by atoms with Crippen molar-refractivity contribution in [2.45, 2.75) is 43.8 Å². The fourth-order valence-electron chi connectivity index (χ4n) is 7.29. The van der Waals surface area contributed by atoms with Gasteiger partial charge < -0.3 is 39.8 Å². The molecule has 0 bridgehead atoms. The van der Waals surface area contributed by atoms with Gasteiger partial charge >= 0.3 is 12.2 Å². The van der Waals surface area contributed by atoms with E-state index >= 15 is 0 Å². The normalized spacial score (nSPS) is 17.3. The Bertz CT molecular complexity index is 2110. The van der Waals surface area contributed by atoms with Crippen molar-refractivity contribution in [2.75, 3.05) is 33.8 Å². The van der Waals surface area contributed by atoms with Crippen LogP contribution in [0.15, 0.2) is 91.3 Å². The van der Waals surface area contributed by atoms with Crippen LogP contribution in [0.4, 0.5) is 9.59 Å². The zero-order valence-electron chi connectivity index (χ0n) is 30.1. The number of amides is 4. The van der Waals surface area contributed by atoms with Gasteiger partial charge in [0.25, 0.3) is 5.91 Å². The van der Waals surface area contributed by atoms with Gasteiger partial charge in [-0.05, 0) is 53.5 Å². The van der Waals surface area contributed by atoms with Gasteiger partial charge in [0.2, 0.25) is 5.91 Å². The standard InChI is InChI=1S/C40H42N8O6/c1-46(40(52)53)24-34(49)47-20-6-10-32(47)36-41-22-30(43-36)27-16-12-25(13-17-27)26-14-18-28(19-15-26)31-23-42-37(44-31)33-11-7-21-48(33)38(50)35(45-39(51)54-2)29-8-4-3-5-9-29/h3-5,8-9,12-19,22-23,32-33,35H,6-7,10-11,20-21,24H2,1-2H3,(H,41,43)(H,42,44)(H,45,51)(H,52,53)/t32-,33-,35+/m0/s1. The second-order valence-corrected chi connectivity index (χ2v) is 13.6. The third-order valence-electron chi connectivity index (χ3n) is 10.2. The number of carbonyl (C=O) groups is 4. The van der Waals surface area contributed by atoms with Gasteiger partial charge in [-0.1, -0.05) is 78.9 Å². The maximum absolute atomic E-state index is 13.8. The van der Waals surface area contributed by atoms with E-state index < -0.39 is 18.2 Å². The van der Waals surface area contributed by atoms with Gasteiger partial charge in [0.05, 0.1) is 43.0 Å². The van der Waals surface area contributed by atoms with Gasteiger partial charge in [-0.2, -0.15) is 0 Å². The zero-order chi connectivity index (χ0) is 37.8. The number of benzene rings is 3. The molecular formula is C40H42N8O6. The molecule has 5 aromatic rings. The number of carbonyl (C=O) groups excluding carboxylic acids is 3. The number of carboxylic acid groups (broad SMARTS) is 1. The Morgan fingerprint density at radius 2 is 1.30 bits per heavy atom. The third kappa shape index (κ3) is 7.54. The second kappa shape index (κ2) is 15.7. The number of likely N-dealkylation sites (N-methyl/N-ethyl adjacent to an activating group) is 1. The Morgan fingerprint density at radius 1 is 0.796 bits per heavy atom. The summed E-state index contributed by atoms with van der Waals surface area (Å²) < 4.78 is 4.81. The Morgan fingerprint density at radius 3 is 1.81 bits per heavy atom. The number of likely N-dealkylation sites (tertiary alicyclic amines) is 2.